The molecule has 25 heavy (non-hydrogen) atoms. The maximum atomic E-state index is 8.88. The van der Waals surface area contributed by atoms with Crippen LogP contribution in [0.4, 0.5) is 5.69 Å². The summed E-state index contributed by atoms with van der Waals surface area (Å²) < 4.78 is 0. The third-order valence-corrected chi connectivity index (χ3v) is 3.89. The zero-order valence-corrected chi connectivity index (χ0v) is 13.8. The molecule has 0 saturated heterocycles. The van der Waals surface area contributed by atoms with Crippen molar-refractivity contribution in [2.24, 2.45) is 0 Å². The highest BCUT2D eigenvalue weighted by molar-refractivity contribution is 5.50. The normalized spacial score (nSPS) is 10.1. The van der Waals surface area contributed by atoms with Crippen LogP contribution in [-0.4, -0.2) is 0 Å². The van der Waals surface area contributed by atoms with Crippen molar-refractivity contribution < 1.29 is 0 Å². The largest absolute Gasteiger partial charge is 0.361 e. The van der Waals surface area contributed by atoms with Crippen molar-refractivity contribution in [2.45, 2.75) is 6.04 Å². The Hall–Kier alpha value is -3.51. The Bertz CT molecular complexity index is 823. The molecule has 0 unspecified atom stereocenters. The minimum Gasteiger partial charge on any atom is -0.361 e. The van der Waals surface area contributed by atoms with Gasteiger partial charge in [-0.3, -0.25) is 0 Å². The van der Waals surface area contributed by atoms with Gasteiger partial charge in [0.2, 0.25) is 0 Å². The van der Waals surface area contributed by atoms with E-state index < -0.39 is 0 Å². The number of nitriles is 1. The molecule has 0 aromatic heterocycles. The minimum absolute atomic E-state index is 0.000724. The van der Waals surface area contributed by atoms with Gasteiger partial charge in [-0.2, -0.15) is 5.26 Å². The van der Waals surface area contributed by atoms with Gasteiger partial charge in [0.1, 0.15) is 0 Å². The van der Waals surface area contributed by atoms with Crippen molar-refractivity contribution in [3.63, 3.8) is 0 Å². The first-order chi connectivity index (χ1) is 12.3. The van der Waals surface area contributed by atoms with Crippen LogP contribution in [0.1, 0.15) is 22.7 Å². The molecule has 0 fully saturated rings. The maximum Gasteiger partial charge on any atom is 0.0991 e. The molecule has 0 radical (unpaired) electrons. The second kappa shape index (κ2) is 7.85. The van der Waals surface area contributed by atoms with Gasteiger partial charge in [0.25, 0.3) is 0 Å². The Morgan fingerprint density at radius 2 is 1.32 bits per heavy atom. The molecule has 3 heteroatoms. The molecule has 0 aliphatic rings. The zero-order valence-electron chi connectivity index (χ0n) is 13.8. The quantitative estimate of drug-likeness (QED) is 0.683. The van der Waals surface area contributed by atoms with Crippen LogP contribution in [0.15, 0.2) is 97.3 Å². The van der Waals surface area contributed by atoms with Crippen LogP contribution in [0.2, 0.25) is 0 Å². The average molecular weight is 325 g/mol. The van der Waals surface area contributed by atoms with Gasteiger partial charge in [0.05, 0.1) is 23.5 Å². The van der Waals surface area contributed by atoms with Gasteiger partial charge in [0.15, 0.2) is 0 Å². The molecule has 2 N–H and O–H groups in total. The number of nitrogens with zero attached hydrogens (tertiary/aromatic N) is 1. The van der Waals surface area contributed by atoms with E-state index in [0.29, 0.717) is 11.4 Å². The van der Waals surface area contributed by atoms with Gasteiger partial charge >= 0.3 is 0 Å². The Morgan fingerprint density at radius 1 is 0.800 bits per heavy atom. The van der Waals surface area contributed by atoms with E-state index in [1.54, 1.807) is 12.1 Å². The van der Waals surface area contributed by atoms with Crippen LogP contribution in [0, 0.1) is 11.3 Å². The molecule has 0 spiro atoms. The molecule has 0 heterocycles. The van der Waals surface area contributed by atoms with E-state index in [-0.39, 0.29) is 6.04 Å². The maximum absolute atomic E-state index is 8.88. The highest BCUT2D eigenvalue weighted by atomic mass is 15.1. The van der Waals surface area contributed by atoms with E-state index in [4.69, 9.17) is 5.26 Å². The van der Waals surface area contributed by atoms with E-state index in [1.165, 1.54) is 0 Å². The second-order valence-corrected chi connectivity index (χ2v) is 5.69. The summed E-state index contributed by atoms with van der Waals surface area (Å²) in [6, 6.07) is 29.9. The summed E-state index contributed by atoms with van der Waals surface area (Å²) in [5.74, 6) is 0.697. The van der Waals surface area contributed by atoms with Crippen LogP contribution < -0.4 is 10.6 Å². The molecule has 0 atom stereocenters. The molecule has 3 rings (SSSR count). The van der Waals surface area contributed by atoms with Crippen LogP contribution in [0.25, 0.3) is 0 Å². The average Bonchev–Trinajstić information content (AvgIpc) is 2.68. The molecule has 3 nitrogen and oxygen atoms in total. The third kappa shape index (κ3) is 4.27. The monoisotopic (exact) mass is 325 g/mol. The predicted octanol–water partition coefficient (Wildman–Crippen LogP) is 4.82. The minimum atomic E-state index is 0.000724. The van der Waals surface area contributed by atoms with Crippen LogP contribution in [-0.2, 0) is 0 Å². The van der Waals surface area contributed by atoms with E-state index in [1.807, 2.05) is 48.5 Å². The fourth-order valence-corrected chi connectivity index (χ4v) is 2.66. The Labute approximate surface area is 148 Å². The molecular weight excluding hydrogens is 306 g/mol. The van der Waals surface area contributed by atoms with Crippen molar-refractivity contribution >= 4 is 5.69 Å². The van der Waals surface area contributed by atoms with E-state index in [0.717, 1.165) is 16.8 Å². The second-order valence-electron chi connectivity index (χ2n) is 5.69. The molecule has 0 bridgehead atoms. The first-order valence-electron chi connectivity index (χ1n) is 8.09. The van der Waals surface area contributed by atoms with E-state index >= 15 is 0 Å². The zero-order chi connectivity index (χ0) is 17.5. The Balaban J connectivity index is 1.78. The number of rotatable bonds is 6. The first kappa shape index (κ1) is 16.4. The lowest BCUT2D eigenvalue weighted by Crippen LogP contribution is -2.25. The Kier molecular flexibility index (Phi) is 5.13. The van der Waals surface area contributed by atoms with E-state index in [9.17, 15) is 0 Å². The van der Waals surface area contributed by atoms with Crippen molar-refractivity contribution in [1.29, 1.82) is 5.26 Å². The summed E-state index contributed by atoms with van der Waals surface area (Å²) in [5.41, 5.74) is 3.85. The molecule has 122 valence electrons. The van der Waals surface area contributed by atoms with Crippen molar-refractivity contribution in [1.82, 2.24) is 5.32 Å². The molecule has 0 amide bonds. The lowest BCUT2D eigenvalue weighted by atomic mass is 9.99. The molecular formula is C22H19N3. The lowest BCUT2D eigenvalue weighted by molar-refractivity contribution is 0.698. The predicted molar refractivity (Wildman–Crippen MR) is 102 cm³/mol. The number of nitrogens with one attached hydrogen (secondary N) is 2. The van der Waals surface area contributed by atoms with Gasteiger partial charge in [-0.25, -0.2) is 0 Å². The molecule has 0 saturated carbocycles. The first-order valence-corrected chi connectivity index (χ1v) is 8.09. The molecule has 0 aliphatic heterocycles. The smallest absolute Gasteiger partial charge is 0.0991 e. The topological polar surface area (TPSA) is 47.9 Å². The number of anilines is 1. The van der Waals surface area contributed by atoms with Gasteiger partial charge in [0, 0.05) is 5.69 Å². The molecule has 3 aromatic carbocycles. The lowest BCUT2D eigenvalue weighted by Gasteiger charge is -2.23. The van der Waals surface area contributed by atoms with Gasteiger partial charge in [-0.05, 0) is 35.4 Å². The highest BCUT2D eigenvalue weighted by Gasteiger charge is 2.14. The van der Waals surface area contributed by atoms with Crippen molar-refractivity contribution in [3.8, 4) is 6.07 Å². The number of hydrogen-bond donors (Lipinski definition) is 2. The van der Waals surface area contributed by atoms with Crippen molar-refractivity contribution in [3.05, 3.63) is 114 Å². The summed E-state index contributed by atoms with van der Waals surface area (Å²) in [6.45, 7) is 4.10. The number of benzene rings is 3. The summed E-state index contributed by atoms with van der Waals surface area (Å²) in [4.78, 5) is 0. The van der Waals surface area contributed by atoms with Gasteiger partial charge in [-0.15, -0.1) is 0 Å². The standard InChI is InChI=1S/C22H19N3/c1-17(24-21-14-12-18(16-23)13-15-21)25-22(19-8-4-2-5-9-19)20-10-6-3-7-11-20/h2-15,22,24-25H,1H2. The fourth-order valence-electron chi connectivity index (χ4n) is 2.66. The van der Waals surface area contributed by atoms with Crippen LogP contribution in [0.5, 0.6) is 0 Å². The van der Waals surface area contributed by atoms with Crippen molar-refractivity contribution in [2.75, 3.05) is 5.32 Å². The fraction of sp³-hybridized carbons (Fsp3) is 0.0455. The van der Waals surface area contributed by atoms with Crippen LogP contribution in [0.3, 0.4) is 0 Å². The Morgan fingerprint density at radius 3 is 1.80 bits per heavy atom. The van der Waals surface area contributed by atoms with E-state index in [2.05, 4.69) is 47.5 Å². The SMILES string of the molecule is C=C(Nc1ccc(C#N)cc1)NC(c1ccccc1)c1ccccc1. The van der Waals surface area contributed by atoms with Gasteiger partial charge < -0.3 is 10.6 Å². The number of hydrogen-bond acceptors (Lipinski definition) is 3. The summed E-state index contributed by atoms with van der Waals surface area (Å²) >= 11 is 0. The molecule has 3 aromatic rings. The van der Waals surface area contributed by atoms with Crippen LogP contribution >= 0.6 is 0 Å². The summed E-state index contributed by atoms with van der Waals surface area (Å²) in [6.07, 6.45) is 0. The van der Waals surface area contributed by atoms with Gasteiger partial charge in [-0.1, -0.05) is 67.2 Å². The third-order valence-electron chi connectivity index (χ3n) is 3.89. The highest BCUT2D eigenvalue weighted by Crippen LogP contribution is 2.23. The summed E-state index contributed by atoms with van der Waals surface area (Å²) in [7, 11) is 0. The summed E-state index contributed by atoms with van der Waals surface area (Å²) in [5, 5.41) is 15.6. The molecule has 0 aliphatic carbocycles.